The van der Waals surface area contributed by atoms with E-state index in [-0.39, 0.29) is 122 Å². The van der Waals surface area contributed by atoms with Crippen LogP contribution in [0.1, 0.15) is 226 Å². The summed E-state index contributed by atoms with van der Waals surface area (Å²) in [7, 11) is 15.9. The molecule has 6 rings (SSSR count). The fourth-order valence-corrected chi connectivity index (χ4v) is 18.3. The Bertz CT molecular complexity index is 4410. The zero-order valence-electron chi connectivity index (χ0n) is 87.4. The topological polar surface area (TPSA) is 387 Å². The number of carbonyl (C=O) groups excluding carboxylic acids is 11. The number of ketones is 1. The van der Waals surface area contributed by atoms with Gasteiger partial charge in [-0.15, -0.1) is 0 Å². The highest BCUT2D eigenvalue weighted by Gasteiger charge is 2.47. The number of aliphatic carboxylic acids is 1. The molecule has 0 aliphatic carbocycles. The number of nitrogens with one attached hydrogen (secondary N) is 2. The molecule has 2 aliphatic rings. The van der Waals surface area contributed by atoms with E-state index in [4.69, 9.17) is 53.1 Å². The van der Waals surface area contributed by atoms with Gasteiger partial charge in [0.15, 0.2) is 5.78 Å². The summed E-state index contributed by atoms with van der Waals surface area (Å²) in [4.78, 5) is 169. The van der Waals surface area contributed by atoms with E-state index < -0.39 is 132 Å². The summed E-state index contributed by atoms with van der Waals surface area (Å²) in [6.07, 6.45) is 0.824. The second kappa shape index (κ2) is 58.9. The third-order valence-electron chi connectivity index (χ3n) is 25.9. The second-order valence-corrected chi connectivity index (χ2v) is 40.0. The molecule has 776 valence electrons. The van der Waals surface area contributed by atoms with Gasteiger partial charge in [-0.1, -0.05) is 202 Å². The zero-order valence-corrected chi connectivity index (χ0v) is 87.4. The quantitative estimate of drug-likeness (QED) is 0.0181. The van der Waals surface area contributed by atoms with Crippen LogP contribution in [0, 0.1) is 53.3 Å². The van der Waals surface area contributed by atoms with Crippen molar-refractivity contribution in [2.45, 2.75) is 320 Å². The van der Waals surface area contributed by atoms with Crippen LogP contribution in [-0.2, 0) is 112 Å². The van der Waals surface area contributed by atoms with Crippen LogP contribution in [0.15, 0.2) is 109 Å². The number of methoxy groups -OCH3 is 6. The number of likely N-dealkylation sites (N-methyl/N-ethyl adjacent to an activating group) is 4. The predicted molar refractivity (Wildman–Crippen MR) is 532 cm³/mol. The highest BCUT2D eigenvalue weighted by Crippen LogP contribution is 2.35. The van der Waals surface area contributed by atoms with Gasteiger partial charge in [-0.2, -0.15) is 0 Å². The lowest BCUT2D eigenvalue weighted by Gasteiger charge is -2.41. The summed E-state index contributed by atoms with van der Waals surface area (Å²) in [5.74, 6) is -4.94. The van der Waals surface area contributed by atoms with Crippen molar-refractivity contribution in [2.75, 3.05) is 83.9 Å². The minimum Gasteiger partial charge on any atom is -0.480 e. The average Bonchev–Trinajstić information content (AvgIpc) is 1.52. The van der Waals surface area contributed by atoms with E-state index in [2.05, 4.69) is 10.6 Å². The van der Waals surface area contributed by atoms with E-state index in [1.807, 2.05) is 168 Å². The van der Waals surface area contributed by atoms with E-state index in [9.17, 15) is 62.6 Å². The fourth-order valence-electron chi connectivity index (χ4n) is 18.3. The molecule has 2 aliphatic heterocycles. The summed E-state index contributed by atoms with van der Waals surface area (Å²) < 4.78 is 54.6. The number of nitrogens with zero attached hydrogens (tertiary/aromatic N) is 6. The molecule has 0 bridgehead atoms. The molecule has 138 heavy (non-hydrogen) atoms. The van der Waals surface area contributed by atoms with E-state index in [0.29, 0.717) is 63.4 Å². The van der Waals surface area contributed by atoms with Gasteiger partial charge in [0.05, 0.1) is 99.6 Å². The Hall–Kier alpha value is -9.96. The number of rotatable bonds is 48. The van der Waals surface area contributed by atoms with Gasteiger partial charge >= 0.3 is 30.2 Å². The predicted octanol–water partition coefficient (Wildman–Crippen LogP) is 14.5. The smallest absolute Gasteiger partial charge is 0.480 e. The van der Waals surface area contributed by atoms with Crippen LogP contribution in [0.2, 0.25) is 0 Å². The molecular formula is C106H169N9O23. The first kappa shape index (κ1) is 122. The summed E-state index contributed by atoms with van der Waals surface area (Å²) >= 11 is 0. The number of nitrogens with two attached hydrogens (primary N) is 1. The van der Waals surface area contributed by atoms with E-state index in [1.54, 1.807) is 152 Å². The lowest BCUT2D eigenvalue weighted by molar-refractivity contribution is -0.150. The molecule has 0 radical (unpaired) electrons. The standard InChI is InChI=1S/C53H82N4O11.C34H56N4O7.C18H27NO5.CH4/c1-16-35(6)47(44(64-13)31-45(59)57-28-20-23-42(57)48(65-14)36(7)49(60)54-41(51(62)66-15)29-37-21-18-17-19-22-37)56(12)50(61)40(33(2)3)30-43(58)46(34(4)5)55(11)32-38-24-26-39(27-25-38)67-52(63)68-53(8,9)10;1-10-22(4)30(37(6)33(41)29(35)21(2)3)27(43-7)20-28(39)38-18-14-17-26(38)31(44-8)23(5)32(40)36-25(34(42)45-9)19-24-15-12-11-13-16-24;1-12(2)15(16(20)21)19(6)11-13-7-9-14(10-8-13)23-17(22)24-18(3,4)5;/h17-19,21-22,24-27,33-36,40-42,44,46-48H,16,20,23,28-32H2,1-15H3,(H,54,60);11-13,15-16,21-23,25-27,29-31H,10,14,17-20,35H2,1-9H3,(H,36,40);7-10,12,15H,11H2,1-6H3,(H,20,21);1H4/t35-,36+,40-,41-,42-,44+,46-,47-,48+;22-,23+,25-,26-,27+,29-,30-,31+;15-;/m000./s1. The fraction of sp³-hybridized carbons (Fsp3) is 0.660. The van der Waals surface area contributed by atoms with Gasteiger partial charge in [0, 0.05) is 93.9 Å². The van der Waals surface area contributed by atoms with Crippen LogP contribution in [0.4, 0.5) is 9.59 Å². The lowest BCUT2D eigenvalue weighted by atomic mass is 9.83. The van der Waals surface area contributed by atoms with Crippen molar-refractivity contribution < 1.29 is 110 Å². The number of carboxylic acid groups (broad SMARTS) is 1. The van der Waals surface area contributed by atoms with Crippen molar-refractivity contribution in [1.82, 2.24) is 40.0 Å². The van der Waals surface area contributed by atoms with Crippen LogP contribution in [0.25, 0.3) is 0 Å². The first-order valence-electron chi connectivity index (χ1n) is 48.3. The molecule has 2 fully saturated rings. The maximum Gasteiger partial charge on any atom is 0.514 e. The number of carboxylic acids is 1. The molecule has 2 saturated heterocycles. The van der Waals surface area contributed by atoms with Crippen LogP contribution in [0.5, 0.6) is 11.5 Å². The van der Waals surface area contributed by atoms with Crippen LogP contribution in [0.3, 0.4) is 0 Å². The number of Topliss-reactive ketones (excluding diaryl/α,β-unsaturated/α-hetero) is 1. The third-order valence-corrected chi connectivity index (χ3v) is 25.9. The zero-order chi connectivity index (χ0) is 103. The number of amides is 6. The number of benzene rings is 4. The highest BCUT2D eigenvalue weighted by atomic mass is 16.7. The Balaban J connectivity index is 0.000000597. The Morgan fingerprint density at radius 3 is 1.10 bits per heavy atom. The normalized spacial score (nSPS) is 17.4. The number of likely N-dealkylation sites (tertiary alicyclic amines) is 2. The van der Waals surface area contributed by atoms with E-state index in [0.717, 1.165) is 35.1 Å². The average molecular weight is 1940 g/mol. The number of hydrogen-bond acceptors (Lipinski definition) is 25. The van der Waals surface area contributed by atoms with Crippen LogP contribution < -0.4 is 25.8 Å². The molecule has 32 nitrogen and oxygen atoms in total. The second-order valence-electron chi connectivity index (χ2n) is 40.0. The number of ether oxygens (including phenoxy) is 10. The van der Waals surface area contributed by atoms with Gasteiger partial charge in [0.25, 0.3) is 0 Å². The molecular weight excluding hydrogens is 1770 g/mol. The molecule has 0 unspecified atom stereocenters. The van der Waals surface area contributed by atoms with Gasteiger partial charge in [-0.25, -0.2) is 19.2 Å². The van der Waals surface area contributed by atoms with Crippen molar-refractivity contribution in [2.24, 2.45) is 59.0 Å². The lowest BCUT2D eigenvalue weighted by Crippen LogP contribution is -2.56. The number of hydrogen-bond donors (Lipinski definition) is 4. The van der Waals surface area contributed by atoms with Gasteiger partial charge in [0.1, 0.15) is 40.8 Å². The Morgan fingerprint density at radius 1 is 0.457 bits per heavy atom. The van der Waals surface area contributed by atoms with Crippen molar-refractivity contribution in [3.05, 3.63) is 131 Å². The van der Waals surface area contributed by atoms with Gasteiger partial charge in [-0.05, 0) is 163 Å². The minimum atomic E-state index is -0.909. The van der Waals surface area contributed by atoms with E-state index in [1.165, 1.54) is 28.4 Å². The monoisotopic (exact) mass is 1940 g/mol. The molecule has 32 heteroatoms. The van der Waals surface area contributed by atoms with Gasteiger partial charge in [0.2, 0.25) is 35.4 Å². The molecule has 18 atom stereocenters. The van der Waals surface area contributed by atoms with Crippen molar-refractivity contribution in [3.63, 3.8) is 0 Å². The largest absolute Gasteiger partial charge is 0.514 e. The number of carbonyl (C=O) groups is 12. The SMILES string of the molecule is C.CC(C)[C@@H](C(=O)O)N(C)Cc1ccc(OC(=O)OC(C)(C)C)cc1.CC[C@H](C)[C@@H]([C@@H](CC(=O)N1CCC[C@H]1[C@H](OC)[C@@H](C)C(=O)N[C@@H](Cc1ccccc1)C(=O)OC)OC)N(C)C(=O)[C@@H](CC(=O)[C@H](C(C)C)N(C)Cc1ccc(OC(=O)OC(C)(C)C)cc1)C(C)C.CC[C@H](C)[C@@H]([C@@H](CC(=O)N1CCC[C@H]1[C@H](OC)[C@@H](C)C(=O)N[C@@H](Cc1ccccc1)C(=O)OC)OC)N(C)C(=O)[C@@H](N)C(C)C. The molecule has 0 aromatic heterocycles. The van der Waals surface area contributed by atoms with Crippen LogP contribution in [-0.4, -0.2) is 280 Å². The molecule has 4 aromatic carbocycles. The summed E-state index contributed by atoms with van der Waals surface area (Å²) in [5, 5.41) is 15.0. The molecule has 4 aromatic rings. The Kier molecular flexibility index (Phi) is 52.2. The van der Waals surface area contributed by atoms with E-state index >= 15 is 0 Å². The summed E-state index contributed by atoms with van der Waals surface area (Å²) in [6.45, 7) is 39.6. The molecule has 6 amide bonds. The van der Waals surface area contributed by atoms with Crippen molar-refractivity contribution in [3.8, 4) is 11.5 Å². The Labute approximate surface area is 822 Å². The molecule has 0 saturated carbocycles. The van der Waals surface area contributed by atoms with Crippen molar-refractivity contribution >= 4 is 71.4 Å². The molecule has 2 heterocycles. The maximum atomic E-state index is 14.7. The third kappa shape index (κ3) is 37.9. The minimum absolute atomic E-state index is 0. The number of esters is 2. The highest BCUT2D eigenvalue weighted by molar-refractivity contribution is 5.91. The first-order valence-corrected chi connectivity index (χ1v) is 48.3. The molecule has 5 N–H and O–H groups in total. The maximum absolute atomic E-state index is 14.7. The van der Waals surface area contributed by atoms with Crippen LogP contribution >= 0.6 is 0 Å². The first-order chi connectivity index (χ1) is 64.3. The van der Waals surface area contributed by atoms with Crippen molar-refractivity contribution in [1.29, 1.82) is 0 Å². The summed E-state index contributed by atoms with van der Waals surface area (Å²) in [5.41, 5.74) is 8.52. The van der Waals surface area contributed by atoms with Gasteiger partial charge in [-0.3, -0.25) is 48.2 Å². The van der Waals surface area contributed by atoms with Gasteiger partial charge < -0.3 is 88.4 Å². The summed E-state index contributed by atoms with van der Waals surface area (Å²) in [6, 6.07) is 27.7. The molecule has 0 spiro atoms. The Morgan fingerprint density at radius 2 is 0.804 bits per heavy atom.